The Bertz CT molecular complexity index is 496. The molecule has 102 valence electrons. The molecule has 0 bridgehead atoms. The van der Waals surface area contributed by atoms with Crippen LogP contribution in [0.1, 0.15) is 51.2 Å². The van der Waals surface area contributed by atoms with Gasteiger partial charge in [0.25, 0.3) is 0 Å². The van der Waals surface area contributed by atoms with E-state index in [1.165, 1.54) is 24.8 Å². The van der Waals surface area contributed by atoms with Crippen molar-refractivity contribution in [2.45, 2.75) is 53.0 Å². The molecule has 1 aromatic rings. The third-order valence-electron chi connectivity index (χ3n) is 4.40. The zero-order chi connectivity index (χ0) is 14.0. The molecule has 0 aromatic heterocycles. The van der Waals surface area contributed by atoms with Gasteiger partial charge in [-0.2, -0.15) is 5.26 Å². The first kappa shape index (κ1) is 13.9. The fourth-order valence-electron chi connectivity index (χ4n) is 3.21. The Morgan fingerprint density at radius 1 is 1.37 bits per heavy atom. The maximum atomic E-state index is 9.00. The van der Waals surface area contributed by atoms with Crippen LogP contribution in [-0.2, 0) is 0 Å². The molecule has 1 aliphatic carbocycles. The minimum absolute atomic E-state index is 0.473. The number of aryl methyl sites for hydroxylation is 1. The third kappa shape index (κ3) is 3.29. The highest BCUT2D eigenvalue weighted by atomic mass is 14.9. The molecular formula is C17H24N2. The largest absolute Gasteiger partial charge is 0.382 e. The monoisotopic (exact) mass is 256 g/mol. The van der Waals surface area contributed by atoms with E-state index >= 15 is 0 Å². The summed E-state index contributed by atoms with van der Waals surface area (Å²) < 4.78 is 0. The molecule has 2 heteroatoms. The molecule has 0 amide bonds. The van der Waals surface area contributed by atoms with Gasteiger partial charge < -0.3 is 5.32 Å². The average molecular weight is 256 g/mol. The van der Waals surface area contributed by atoms with Gasteiger partial charge in [-0.05, 0) is 55.2 Å². The van der Waals surface area contributed by atoms with Crippen molar-refractivity contribution in [1.82, 2.24) is 0 Å². The average Bonchev–Trinajstić information content (AvgIpc) is 2.34. The topological polar surface area (TPSA) is 35.8 Å². The summed E-state index contributed by atoms with van der Waals surface area (Å²) in [4.78, 5) is 0. The molecule has 1 fully saturated rings. The number of nitrogens with one attached hydrogen (secondary N) is 1. The van der Waals surface area contributed by atoms with Gasteiger partial charge in [-0.25, -0.2) is 0 Å². The Balaban J connectivity index is 2.12. The van der Waals surface area contributed by atoms with Crippen molar-refractivity contribution in [3.05, 3.63) is 29.3 Å². The van der Waals surface area contributed by atoms with Gasteiger partial charge >= 0.3 is 0 Å². The van der Waals surface area contributed by atoms with Crippen LogP contribution in [0.4, 0.5) is 5.69 Å². The Hall–Kier alpha value is -1.49. The molecule has 0 saturated heterocycles. The number of benzene rings is 1. The zero-order valence-corrected chi connectivity index (χ0v) is 12.5. The van der Waals surface area contributed by atoms with Crippen LogP contribution in [0.5, 0.6) is 0 Å². The molecule has 0 spiro atoms. The van der Waals surface area contributed by atoms with E-state index in [0.29, 0.717) is 17.4 Å². The number of anilines is 1. The van der Waals surface area contributed by atoms with Gasteiger partial charge in [0, 0.05) is 11.7 Å². The fourth-order valence-corrected chi connectivity index (χ4v) is 3.21. The standard InChI is InChI=1S/C17H24N2/c1-12-5-6-14(11-18)9-16(12)19-15-7-8-17(3,4)10-13(15)2/h5-6,9,13,15,19H,7-8,10H2,1-4H3. The van der Waals surface area contributed by atoms with E-state index in [-0.39, 0.29) is 0 Å². The molecule has 0 aliphatic heterocycles. The van der Waals surface area contributed by atoms with Gasteiger partial charge in [0.1, 0.15) is 0 Å². The van der Waals surface area contributed by atoms with Crippen molar-refractivity contribution >= 4 is 5.69 Å². The van der Waals surface area contributed by atoms with E-state index in [0.717, 1.165) is 11.3 Å². The van der Waals surface area contributed by atoms with E-state index in [2.05, 4.69) is 39.1 Å². The van der Waals surface area contributed by atoms with E-state index in [4.69, 9.17) is 5.26 Å². The van der Waals surface area contributed by atoms with Gasteiger partial charge in [-0.3, -0.25) is 0 Å². The second kappa shape index (κ2) is 5.25. The van der Waals surface area contributed by atoms with Gasteiger partial charge in [0.15, 0.2) is 0 Å². The van der Waals surface area contributed by atoms with Crippen molar-refractivity contribution < 1.29 is 0 Å². The Kier molecular flexibility index (Phi) is 3.85. The van der Waals surface area contributed by atoms with Gasteiger partial charge in [-0.15, -0.1) is 0 Å². The molecule has 1 aromatic carbocycles. The molecule has 1 saturated carbocycles. The van der Waals surface area contributed by atoms with Crippen molar-refractivity contribution in [3.8, 4) is 6.07 Å². The molecule has 2 unspecified atom stereocenters. The first-order chi connectivity index (χ1) is 8.91. The first-order valence-electron chi connectivity index (χ1n) is 7.18. The quantitative estimate of drug-likeness (QED) is 0.846. The number of hydrogen-bond acceptors (Lipinski definition) is 2. The predicted molar refractivity (Wildman–Crippen MR) is 80.1 cm³/mol. The highest BCUT2D eigenvalue weighted by Crippen LogP contribution is 2.39. The molecule has 2 rings (SSSR count). The second-order valence-corrected chi connectivity index (χ2v) is 6.78. The van der Waals surface area contributed by atoms with Crippen LogP contribution < -0.4 is 5.32 Å². The molecule has 2 nitrogen and oxygen atoms in total. The number of nitrogens with zero attached hydrogens (tertiary/aromatic N) is 1. The van der Waals surface area contributed by atoms with E-state index < -0.39 is 0 Å². The first-order valence-corrected chi connectivity index (χ1v) is 7.18. The van der Waals surface area contributed by atoms with Crippen LogP contribution in [0.2, 0.25) is 0 Å². The number of rotatable bonds is 2. The smallest absolute Gasteiger partial charge is 0.0992 e. The molecule has 1 N–H and O–H groups in total. The molecule has 19 heavy (non-hydrogen) atoms. The second-order valence-electron chi connectivity index (χ2n) is 6.78. The molecule has 1 aliphatic rings. The Morgan fingerprint density at radius 3 is 2.74 bits per heavy atom. The van der Waals surface area contributed by atoms with Crippen LogP contribution in [0.25, 0.3) is 0 Å². The number of nitriles is 1. The van der Waals surface area contributed by atoms with Crippen LogP contribution in [0.15, 0.2) is 18.2 Å². The minimum Gasteiger partial charge on any atom is -0.382 e. The number of hydrogen-bond donors (Lipinski definition) is 1. The molecule has 2 atom stereocenters. The van der Waals surface area contributed by atoms with Crippen molar-refractivity contribution in [2.24, 2.45) is 11.3 Å². The summed E-state index contributed by atoms with van der Waals surface area (Å²) in [7, 11) is 0. The van der Waals surface area contributed by atoms with Crippen LogP contribution in [0, 0.1) is 29.6 Å². The third-order valence-corrected chi connectivity index (χ3v) is 4.40. The van der Waals surface area contributed by atoms with Crippen LogP contribution in [0.3, 0.4) is 0 Å². The van der Waals surface area contributed by atoms with Gasteiger partial charge in [0.05, 0.1) is 11.6 Å². The molecule has 0 heterocycles. The summed E-state index contributed by atoms with van der Waals surface area (Å²) in [6.07, 6.45) is 3.75. The van der Waals surface area contributed by atoms with E-state index in [1.807, 2.05) is 18.2 Å². The predicted octanol–water partition coefficient (Wildman–Crippen LogP) is 4.49. The SMILES string of the molecule is Cc1ccc(C#N)cc1NC1CCC(C)(C)CC1C. The highest BCUT2D eigenvalue weighted by Gasteiger charge is 2.32. The Morgan fingerprint density at radius 2 is 2.11 bits per heavy atom. The Labute approximate surface area is 116 Å². The molecule has 0 radical (unpaired) electrons. The lowest BCUT2D eigenvalue weighted by Gasteiger charge is -2.40. The van der Waals surface area contributed by atoms with Crippen LogP contribution >= 0.6 is 0 Å². The summed E-state index contributed by atoms with van der Waals surface area (Å²) in [6.45, 7) is 9.16. The lowest BCUT2D eigenvalue weighted by molar-refractivity contribution is 0.177. The summed E-state index contributed by atoms with van der Waals surface area (Å²) in [5.74, 6) is 0.675. The van der Waals surface area contributed by atoms with Crippen molar-refractivity contribution in [1.29, 1.82) is 5.26 Å². The lowest BCUT2D eigenvalue weighted by Crippen LogP contribution is -2.37. The van der Waals surface area contributed by atoms with Gasteiger partial charge in [-0.1, -0.05) is 26.8 Å². The van der Waals surface area contributed by atoms with Crippen molar-refractivity contribution in [2.75, 3.05) is 5.32 Å². The summed E-state index contributed by atoms with van der Waals surface area (Å²) in [5, 5.41) is 12.7. The van der Waals surface area contributed by atoms with Gasteiger partial charge in [0.2, 0.25) is 0 Å². The highest BCUT2D eigenvalue weighted by molar-refractivity contribution is 5.55. The zero-order valence-electron chi connectivity index (χ0n) is 12.5. The van der Waals surface area contributed by atoms with E-state index in [1.54, 1.807) is 0 Å². The summed E-state index contributed by atoms with van der Waals surface area (Å²) >= 11 is 0. The minimum atomic E-state index is 0.473. The normalized spacial score (nSPS) is 25.6. The lowest BCUT2D eigenvalue weighted by atomic mass is 9.70. The van der Waals surface area contributed by atoms with Crippen molar-refractivity contribution in [3.63, 3.8) is 0 Å². The van der Waals surface area contributed by atoms with E-state index in [9.17, 15) is 0 Å². The maximum absolute atomic E-state index is 9.00. The summed E-state index contributed by atoms with van der Waals surface area (Å²) in [5.41, 5.74) is 3.55. The van der Waals surface area contributed by atoms with Crippen LogP contribution in [-0.4, -0.2) is 6.04 Å². The molecular weight excluding hydrogens is 232 g/mol. The maximum Gasteiger partial charge on any atom is 0.0992 e. The summed E-state index contributed by atoms with van der Waals surface area (Å²) in [6, 6.07) is 8.63. The fraction of sp³-hybridized carbons (Fsp3) is 0.588.